The third kappa shape index (κ3) is 3.54. The first-order valence-corrected chi connectivity index (χ1v) is 7.35. The quantitative estimate of drug-likeness (QED) is 0.646. The molecule has 0 aliphatic rings. The van der Waals surface area contributed by atoms with Crippen LogP contribution in [0.3, 0.4) is 0 Å². The van der Waals surface area contributed by atoms with E-state index in [0.29, 0.717) is 11.5 Å². The van der Waals surface area contributed by atoms with Gasteiger partial charge in [-0.1, -0.05) is 0 Å². The first-order chi connectivity index (χ1) is 10.1. The summed E-state index contributed by atoms with van der Waals surface area (Å²) in [6.45, 7) is 0. The van der Waals surface area contributed by atoms with Crippen molar-refractivity contribution in [1.29, 1.82) is 0 Å². The Balaban J connectivity index is 2.26. The number of furan rings is 1. The van der Waals surface area contributed by atoms with E-state index in [2.05, 4.69) is 9.93 Å². The molecule has 0 saturated heterocycles. The minimum atomic E-state index is -3.88. The molecule has 0 spiro atoms. The van der Waals surface area contributed by atoms with Gasteiger partial charge in [0.05, 0.1) is 26.7 Å². The van der Waals surface area contributed by atoms with Gasteiger partial charge in [-0.05, 0) is 24.3 Å². The number of nitrogens with zero attached hydrogens (tertiary/aromatic N) is 1. The average Bonchev–Trinajstić information content (AvgIpc) is 2.99. The second kappa shape index (κ2) is 6.31. The number of methoxy groups -OCH3 is 2. The molecule has 8 heteroatoms. The topological polar surface area (TPSA) is 90.1 Å². The molecule has 0 atom stereocenters. The minimum Gasteiger partial charge on any atom is -0.497 e. The van der Waals surface area contributed by atoms with Crippen molar-refractivity contribution in [2.75, 3.05) is 14.2 Å². The fourth-order valence-corrected chi connectivity index (χ4v) is 2.54. The van der Waals surface area contributed by atoms with Crippen molar-refractivity contribution in [3.05, 3.63) is 42.4 Å². The van der Waals surface area contributed by atoms with Crippen LogP contribution in [0.2, 0.25) is 0 Å². The number of hydrogen-bond acceptors (Lipinski definition) is 6. The lowest BCUT2D eigenvalue weighted by molar-refractivity contribution is 0.392. The zero-order valence-corrected chi connectivity index (χ0v) is 12.3. The monoisotopic (exact) mass is 310 g/mol. The second-order valence-corrected chi connectivity index (χ2v) is 5.51. The van der Waals surface area contributed by atoms with Gasteiger partial charge >= 0.3 is 0 Å². The van der Waals surface area contributed by atoms with Crippen molar-refractivity contribution < 1.29 is 22.3 Å². The van der Waals surface area contributed by atoms with Gasteiger partial charge in [-0.3, -0.25) is 0 Å². The molecule has 0 bridgehead atoms. The molecule has 112 valence electrons. The molecule has 0 unspecified atom stereocenters. The van der Waals surface area contributed by atoms with E-state index in [9.17, 15) is 8.42 Å². The molecular formula is C13H14N2O5S. The summed E-state index contributed by atoms with van der Waals surface area (Å²) in [4.78, 5) is 2.02. The van der Waals surface area contributed by atoms with Gasteiger partial charge in [0, 0.05) is 6.07 Å². The highest BCUT2D eigenvalue weighted by molar-refractivity contribution is 7.89. The predicted octanol–water partition coefficient (Wildman–Crippen LogP) is 1.61. The van der Waals surface area contributed by atoms with Crippen LogP contribution in [0, 0.1) is 0 Å². The summed E-state index contributed by atoms with van der Waals surface area (Å²) in [5, 5.41) is 3.64. The van der Waals surface area contributed by atoms with Gasteiger partial charge in [0.15, 0.2) is 0 Å². The van der Waals surface area contributed by atoms with Crippen molar-refractivity contribution in [1.82, 2.24) is 4.83 Å². The standard InChI is InChI=1S/C13H14N2O5S/c1-18-10-5-6-12(19-2)13(8-10)21(16,17)15-14-9-11-4-3-7-20-11/h3-9,15H,1-2H3/b14-9-. The fraction of sp³-hybridized carbons (Fsp3) is 0.154. The Morgan fingerprint density at radius 1 is 1.24 bits per heavy atom. The van der Waals surface area contributed by atoms with Crippen LogP contribution in [0.4, 0.5) is 0 Å². The lowest BCUT2D eigenvalue weighted by atomic mass is 10.3. The SMILES string of the molecule is COc1ccc(OC)c(S(=O)(=O)N/N=C\c2ccco2)c1. The maximum absolute atomic E-state index is 12.2. The molecule has 1 aromatic heterocycles. The van der Waals surface area contributed by atoms with Crippen LogP contribution in [0.15, 0.2) is 51.0 Å². The highest BCUT2D eigenvalue weighted by Crippen LogP contribution is 2.27. The first-order valence-electron chi connectivity index (χ1n) is 5.87. The van der Waals surface area contributed by atoms with E-state index in [4.69, 9.17) is 13.9 Å². The predicted molar refractivity (Wildman–Crippen MR) is 76.2 cm³/mol. The number of nitrogens with one attached hydrogen (secondary N) is 1. The summed E-state index contributed by atoms with van der Waals surface area (Å²) in [6.07, 6.45) is 2.71. The van der Waals surface area contributed by atoms with Gasteiger partial charge in [0.1, 0.15) is 22.2 Å². The molecule has 0 saturated carbocycles. The number of hydrogen-bond donors (Lipinski definition) is 1. The molecule has 0 radical (unpaired) electrons. The van der Waals surface area contributed by atoms with Crippen LogP contribution in [0.25, 0.3) is 0 Å². The van der Waals surface area contributed by atoms with Gasteiger partial charge in [0.2, 0.25) is 0 Å². The Bertz CT molecular complexity index is 723. The molecule has 0 aliphatic carbocycles. The number of ether oxygens (including phenoxy) is 2. The van der Waals surface area contributed by atoms with E-state index < -0.39 is 10.0 Å². The van der Waals surface area contributed by atoms with E-state index in [1.54, 1.807) is 18.2 Å². The normalized spacial score (nSPS) is 11.5. The van der Waals surface area contributed by atoms with Gasteiger partial charge in [-0.25, -0.2) is 0 Å². The Kier molecular flexibility index (Phi) is 4.49. The van der Waals surface area contributed by atoms with Crippen LogP contribution in [0.1, 0.15) is 5.76 Å². The molecule has 0 fully saturated rings. The Morgan fingerprint density at radius 2 is 2.05 bits per heavy atom. The van der Waals surface area contributed by atoms with Crippen molar-refractivity contribution in [2.45, 2.75) is 4.90 Å². The summed E-state index contributed by atoms with van der Waals surface area (Å²) >= 11 is 0. The van der Waals surface area contributed by atoms with Crippen LogP contribution >= 0.6 is 0 Å². The molecule has 7 nitrogen and oxygen atoms in total. The number of hydrazone groups is 1. The molecule has 1 heterocycles. The zero-order valence-electron chi connectivity index (χ0n) is 11.4. The summed E-state index contributed by atoms with van der Waals surface area (Å²) < 4.78 is 39.5. The van der Waals surface area contributed by atoms with Crippen molar-refractivity contribution in [3.63, 3.8) is 0 Å². The molecule has 21 heavy (non-hydrogen) atoms. The third-order valence-electron chi connectivity index (χ3n) is 2.57. The summed E-state index contributed by atoms with van der Waals surface area (Å²) in [6, 6.07) is 7.77. The zero-order chi connectivity index (χ0) is 15.3. The molecule has 0 amide bonds. The molecule has 1 N–H and O–H groups in total. The van der Waals surface area contributed by atoms with E-state index in [1.807, 2.05) is 0 Å². The summed E-state index contributed by atoms with van der Waals surface area (Å²) in [5.41, 5.74) is 0. The molecular weight excluding hydrogens is 296 g/mol. The number of sulfonamides is 1. The number of rotatable bonds is 6. The smallest absolute Gasteiger partial charge is 0.280 e. The maximum Gasteiger partial charge on any atom is 0.280 e. The number of benzene rings is 1. The molecule has 0 aliphatic heterocycles. The Labute approximate surface area is 122 Å². The van der Waals surface area contributed by atoms with Crippen LogP contribution in [-0.4, -0.2) is 28.9 Å². The van der Waals surface area contributed by atoms with Gasteiger partial charge < -0.3 is 13.9 Å². The van der Waals surface area contributed by atoms with Crippen LogP contribution in [-0.2, 0) is 10.0 Å². The van der Waals surface area contributed by atoms with E-state index >= 15 is 0 Å². The van der Waals surface area contributed by atoms with Crippen LogP contribution in [0.5, 0.6) is 11.5 Å². The van der Waals surface area contributed by atoms with E-state index in [0.717, 1.165) is 0 Å². The maximum atomic E-state index is 12.2. The van der Waals surface area contributed by atoms with Crippen molar-refractivity contribution in [2.24, 2.45) is 5.10 Å². The first kappa shape index (κ1) is 14.9. The molecule has 2 aromatic rings. The molecule has 2 rings (SSSR count). The highest BCUT2D eigenvalue weighted by Gasteiger charge is 2.19. The third-order valence-corrected chi connectivity index (χ3v) is 3.81. The second-order valence-electron chi connectivity index (χ2n) is 3.89. The van der Waals surface area contributed by atoms with E-state index in [1.165, 1.54) is 38.8 Å². The van der Waals surface area contributed by atoms with E-state index in [-0.39, 0.29) is 10.6 Å². The van der Waals surface area contributed by atoms with Gasteiger partial charge in [-0.15, -0.1) is 0 Å². The lowest BCUT2D eigenvalue weighted by Gasteiger charge is -2.10. The molecule has 1 aromatic carbocycles. The largest absolute Gasteiger partial charge is 0.497 e. The highest BCUT2D eigenvalue weighted by atomic mass is 32.2. The fourth-order valence-electron chi connectivity index (χ4n) is 1.57. The summed E-state index contributed by atoms with van der Waals surface area (Å²) in [5.74, 6) is 1.01. The summed E-state index contributed by atoms with van der Waals surface area (Å²) in [7, 11) is -1.06. The van der Waals surface area contributed by atoms with Crippen LogP contribution < -0.4 is 14.3 Å². The van der Waals surface area contributed by atoms with Gasteiger partial charge in [0.25, 0.3) is 10.0 Å². The minimum absolute atomic E-state index is 0.0686. The average molecular weight is 310 g/mol. The van der Waals surface area contributed by atoms with Crippen molar-refractivity contribution >= 4 is 16.2 Å². The Morgan fingerprint density at radius 3 is 2.67 bits per heavy atom. The Hall–Kier alpha value is -2.48. The van der Waals surface area contributed by atoms with Crippen molar-refractivity contribution in [3.8, 4) is 11.5 Å². The lowest BCUT2D eigenvalue weighted by Crippen LogP contribution is -2.19. The van der Waals surface area contributed by atoms with Gasteiger partial charge in [-0.2, -0.15) is 18.4 Å².